The minimum absolute atomic E-state index is 0.200. The summed E-state index contributed by atoms with van der Waals surface area (Å²) in [6.07, 6.45) is 0. The van der Waals surface area contributed by atoms with Crippen LogP contribution in [0.5, 0.6) is 0 Å². The minimum atomic E-state index is -2.08. The molecule has 0 aliphatic heterocycles. The molecule has 2 nitrogen and oxygen atoms in total. The van der Waals surface area contributed by atoms with Crippen LogP contribution in [0.25, 0.3) is 10.8 Å². The Morgan fingerprint density at radius 2 is 1.80 bits per heavy atom. The first-order chi connectivity index (χ1) is 7.09. The van der Waals surface area contributed by atoms with Gasteiger partial charge in [0.1, 0.15) is 0 Å². The first-order valence-corrected chi connectivity index (χ1v) is 5.94. The Labute approximate surface area is 99.1 Å². The third-order valence-electron chi connectivity index (χ3n) is 2.07. The molecule has 0 saturated heterocycles. The molecular weight excluding hydrogens is 255 g/mol. The van der Waals surface area contributed by atoms with Crippen molar-refractivity contribution in [2.45, 2.75) is 4.90 Å². The predicted octanol–water partition coefficient (Wildman–Crippen LogP) is 3.73. The summed E-state index contributed by atoms with van der Waals surface area (Å²) in [6.45, 7) is 0. The van der Waals surface area contributed by atoms with E-state index in [2.05, 4.69) is 0 Å². The summed E-state index contributed by atoms with van der Waals surface area (Å²) in [5, 5.41) is 2.39. The minimum Gasteiger partial charge on any atom is -0.302 e. The van der Waals surface area contributed by atoms with E-state index in [1.54, 1.807) is 18.2 Å². The highest BCUT2D eigenvalue weighted by molar-refractivity contribution is 7.79. The summed E-state index contributed by atoms with van der Waals surface area (Å²) in [6, 6.07) is 8.51. The zero-order valence-corrected chi connectivity index (χ0v) is 9.73. The van der Waals surface area contributed by atoms with Gasteiger partial charge in [-0.15, -0.1) is 0 Å². The topological polar surface area (TPSA) is 37.3 Å². The number of rotatable bonds is 1. The van der Waals surface area contributed by atoms with Gasteiger partial charge >= 0.3 is 0 Å². The molecule has 2 aromatic carbocycles. The lowest BCUT2D eigenvalue weighted by Crippen LogP contribution is -1.90. The molecule has 0 fully saturated rings. The van der Waals surface area contributed by atoms with Gasteiger partial charge in [-0.05, 0) is 23.6 Å². The zero-order valence-electron chi connectivity index (χ0n) is 7.41. The fourth-order valence-corrected chi connectivity index (χ4v) is 2.41. The summed E-state index contributed by atoms with van der Waals surface area (Å²) in [5.41, 5.74) is 0. The highest BCUT2D eigenvalue weighted by Gasteiger charge is 2.09. The lowest BCUT2D eigenvalue weighted by atomic mass is 10.1. The van der Waals surface area contributed by atoms with Crippen molar-refractivity contribution in [2.75, 3.05) is 0 Å². The van der Waals surface area contributed by atoms with Crippen LogP contribution in [0.4, 0.5) is 0 Å². The van der Waals surface area contributed by atoms with E-state index in [0.29, 0.717) is 10.4 Å². The summed E-state index contributed by atoms with van der Waals surface area (Å²) in [4.78, 5) is 0.200. The Bertz CT molecular complexity index is 554. The standard InChI is InChI=1S/C10H6Cl2O2S/c11-7-3-1-6-2-4-9(15(13)14)10(12)8(6)5-7/h1-5H,(H,13,14). The van der Waals surface area contributed by atoms with Gasteiger partial charge in [0.2, 0.25) is 0 Å². The van der Waals surface area contributed by atoms with Crippen LogP contribution in [-0.2, 0) is 11.1 Å². The van der Waals surface area contributed by atoms with Crippen LogP contribution in [0.2, 0.25) is 10.0 Å². The van der Waals surface area contributed by atoms with Crippen molar-refractivity contribution in [1.29, 1.82) is 0 Å². The number of benzene rings is 2. The van der Waals surface area contributed by atoms with Gasteiger partial charge in [-0.2, -0.15) is 0 Å². The van der Waals surface area contributed by atoms with Crippen molar-refractivity contribution < 1.29 is 8.76 Å². The van der Waals surface area contributed by atoms with Crippen LogP contribution in [0.3, 0.4) is 0 Å². The van der Waals surface area contributed by atoms with Crippen molar-refractivity contribution in [3.8, 4) is 0 Å². The molecule has 0 heterocycles. The van der Waals surface area contributed by atoms with Gasteiger partial charge in [0.25, 0.3) is 0 Å². The molecule has 0 aromatic heterocycles. The monoisotopic (exact) mass is 260 g/mol. The van der Waals surface area contributed by atoms with Gasteiger partial charge in [0.05, 0.1) is 9.92 Å². The predicted molar refractivity (Wildman–Crippen MR) is 63.0 cm³/mol. The third-order valence-corrected chi connectivity index (χ3v) is 3.54. The van der Waals surface area contributed by atoms with Crippen molar-refractivity contribution >= 4 is 45.1 Å². The molecule has 0 bridgehead atoms. The molecular formula is C10H6Cl2O2S. The molecule has 0 saturated carbocycles. The van der Waals surface area contributed by atoms with Gasteiger partial charge in [0.15, 0.2) is 11.1 Å². The Balaban J connectivity index is 2.82. The molecule has 0 aliphatic carbocycles. The fourth-order valence-electron chi connectivity index (χ4n) is 1.37. The molecule has 1 atom stereocenters. The first-order valence-electron chi connectivity index (χ1n) is 4.08. The molecule has 1 unspecified atom stereocenters. The molecule has 5 heteroatoms. The van der Waals surface area contributed by atoms with Gasteiger partial charge in [0, 0.05) is 10.4 Å². The number of hydrogen-bond donors (Lipinski definition) is 1. The second kappa shape index (κ2) is 4.10. The average molecular weight is 261 g/mol. The normalized spacial score (nSPS) is 13.0. The zero-order chi connectivity index (χ0) is 11.0. The molecule has 1 N–H and O–H groups in total. The van der Waals surface area contributed by atoms with Gasteiger partial charge in [-0.3, -0.25) is 0 Å². The SMILES string of the molecule is O=S(O)c1ccc2ccc(Cl)cc2c1Cl. The second-order valence-corrected chi connectivity index (χ2v) is 4.74. The lowest BCUT2D eigenvalue weighted by Gasteiger charge is -2.04. The Hall–Kier alpha value is -0.610. The van der Waals surface area contributed by atoms with E-state index in [1.165, 1.54) is 6.07 Å². The highest BCUT2D eigenvalue weighted by atomic mass is 35.5. The van der Waals surface area contributed by atoms with Crippen LogP contribution in [0.15, 0.2) is 35.2 Å². The van der Waals surface area contributed by atoms with E-state index >= 15 is 0 Å². The van der Waals surface area contributed by atoms with E-state index in [9.17, 15) is 4.21 Å². The lowest BCUT2D eigenvalue weighted by molar-refractivity contribution is 0.564. The Morgan fingerprint density at radius 3 is 2.47 bits per heavy atom. The van der Waals surface area contributed by atoms with Crippen molar-refractivity contribution in [3.63, 3.8) is 0 Å². The van der Waals surface area contributed by atoms with E-state index < -0.39 is 11.1 Å². The molecule has 0 spiro atoms. The number of halogens is 2. The molecule has 2 aromatic rings. The average Bonchev–Trinajstić information content (AvgIpc) is 2.19. The van der Waals surface area contributed by atoms with Crippen LogP contribution < -0.4 is 0 Å². The fraction of sp³-hybridized carbons (Fsp3) is 0. The number of fused-ring (bicyclic) bond motifs is 1. The number of hydrogen-bond acceptors (Lipinski definition) is 1. The highest BCUT2D eigenvalue weighted by Crippen LogP contribution is 2.30. The smallest absolute Gasteiger partial charge is 0.188 e. The molecule has 0 amide bonds. The van der Waals surface area contributed by atoms with Crippen LogP contribution in [0, 0.1) is 0 Å². The Morgan fingerprint density at radius 1 is 1.13 bits per heavy atom. The van der Waals surface area contributed by atoms with Crippen molar-refractivity contribution in [1.82, 2.24) is 0 Å². The summed E-state index contributed by atoms with van der Waals surface area (Å²) in [5.74, 6) is 0. The maximum absolute atomic E-state index is 10.9. The molecule has 15 heavy (non-hydrogen) atoms. The van der Waals surface area contributed by atoms with E-state index in [-0.39, 0.29) is 9.92 Å². The van der Waals surface area contributed by atoms with Crippen molar-refractivity contribution in [3.05, 3.63) is 40.4 Å². The summed E-state index contributed by atoms with van der Waals surface area (Å²) < 4.78 is 19.9. The van der Waals surface area contributed by atoms with Gasteiger partial charge < -0.3 is 4.55 Å². The third kappa shape index (κ3) is 2.01. The summed E-state index contributed by atoms with van der Waals surface area (Å²) >= 11 is 9.74. The van der Waals surface area contributed by atoms with E-state index in [1.807, 2.05) is 6.07 Å². The largest absolute Gasteiger partial charge is 0.302 e. The van der Waals surface area contributed by atoms with Gasteiger partial charge in [-0.1, -0.05) is 35.3 Å². The second-order valence-electron chi connectivity index (χ2n) is 2.99. The maximum Gasteiger partial charge on any atom is 0.188 e. The van der Waals surface area contributed by atoms with Gasteiger partial charge in [-0.25, -0.2) is 4.21 Å². The Kier molecular flexibility index (Phi) is 2.98. The van der Waals surface area contributed by atoms with Crippen LogP contribution >= 0.6 is 23.2 Å². The summed E-state index contributed by atoms with van der Waals surface area (Å²) in [7, 11) is 0. The molecule has 0 aliphatic rings. The first kappa shape index (κ1) is 10.9. The molecule has 78 valence electrons. The molecule has 2 rings (SSSR count). The van der Waals surface area contributed by atoms with Crippen LogP contribution in [0.1, 0.15) is 0 Å². The van der Waals surface area contributed by atoms with Crippen molar-refractivity contribution in [2.24, 2.45) is 0 Å². The van der Waals surface area contributed by atoms with E-state index in [0.717, 1.165) is 5.39 Å². The van der Waals surface area contributed by atoms with Crippen LogP contribution in [-0.4, -0.2) is 8.76 Å². The quantitative estimate of drug-likeness (QED) is 0.794. The van der Waals surface area contributed by atoms with E-state index in [4.69, 9.17) is 27.8 Å². The maximum atomic E-state index is 10.9. The molecule has 0 radical (unpaired) electrons.